The summed E-state index contributed by atoms with van der Waals surface area (Å²) >= 11 is 6.46. The van der Waals surface area contributed by atoms with Gasteiger partial charge in [-0.05, 0) is 115 Å². The Balaban J connectivity index is 1.08. The third kappa shape index (κ3) is 7.43. The standard InChI is InChI=1S/C34H47ClN7O2P/c1-40-19-13-34(14-20-40)15-21-42(22-16-34)25-11-17-41(18-12-25)26-9-10-28(30(23-26)44-2)38-33-36-24-27(35)32(39-33)37-29-7-5-6-8-31(29)45(3,4)43/h5-10,23-25H,11-22H2,1-4H3,(H2,36,37,38,39). The fourth-order valence-electron chi connectivity index (χ4n) is 7.24. The number of methoxy groups -OCH3 is 1. The van der Waals surface area contributed by atoms with Crippen molar-refractivity contribution in [3.8, 4) is 5.75 Å². The van der Waals surface area contributed by atoms with Crippen LogP contribution in [0.5, 0.6) is 5.75 Å². The Hall–Kier alpha value is -2.84. The van der Waals surface area contributed by atoms with Gasteiger partial charge >= 0.3 is 0 Å². The number of hydrogen-bond donors (Lipinski definition) is 2. The Morgan fingerprint density at radius 3 is 2.31 bits per heavy atom. The molecule has 2 aromatic carbocycles. The predicted molar refractivity (Wildman–Crippen MR) is 187 cm³/mol. The van der Waals surface area contributed by atoms with Gasteiger partial charge < -0.3 is 34.6 Å². The molecule has 0 radical (unpaired) electrons. The molecule has 45 heavy (non-hydrogen) atoms. The summed E-state index contributed by atoms with van der Waals surface area (Å²) in [5.74, 6) is 1.54. The lowest BCUT2D eigenvalue weighted by atomic mass is 9.71. The van der Waals surface area contributed by atoms with Crippen LogP contribution in [0.4, 0.5) is 28.8 Å². The zero-order chi connectivity index (χ0) is 31.6. The summed E-state index contributed by atoms with van der Waals surface area (Å²) in [6.45, 7) is 10.6. The highest BCUT2D eigenvalue weighted by Crippen LogP contribution is 2.42. The van der Waals surface area contributed by atoms with Crippen molar-refractivity contribution in [1.29, 1.82) is 0 Å². The first kappa shape index (κ1) is 32.1. The largest absolute Gasteiger partial charge is 0.494 e. The quantitative estimate of drug-likeness (QED) is 0.260. The number of hydrogen-bond acceptors (Lipinski definition) is 9. The molecule has 4 heterocycles. The predicted octanol–water partition coefficient (Wildman–Crippen LogP) is 6.65. The van der Waals surface area contributed by atoms with E-state index in [0.717, 1.165) is 29.8 Å². The lowest BCUT2D eigenvalue weighted by molar-refractivity contribution is 0.0215. The molecule has 3 aromatic rings. The van der Waals surface area contributed by atoms with Gasteiger partial charge in [-0.15, -0.1) is 0 Å². The van der Waals surface area contributed by atoms with Crippen LogP contribution in [-0.4, -0.2) is 92.6 Å². The molecule has 3 fully saturated rings. The van der Waals surface area contributed by atoms with Crippen molar-refractivity contribution in [2.75, 3.05) is 82.3 Å². The Morgan fingerprint density at radius 2 is 1.62 bits per heavy atom. The molecular formula is C34H47ClN7O2P. The van der Waals surface area contributed by atoms with Gasteiger partial charge in [-0.2, -0.15) is 4.98 Å². The Kier molecular flexibility index (Phi) is 9.62. The molecule has 0 saturated carbocycles. The number of nitrogens with zero attached hydrogens (tertiary/aromatic N) is 5. The molecule has 3 saturated heterocycles. The third-order valence-corrected chi connectivity index (χ3v) is 12.0. The monoisotopic (exact) mass is 651 g/mol. The molecule has 0 aliphatic carbocycles. The summed E-state index contributed by atoms with van der Waals surface area (Å²) in [4.78, 5) is 16.8. The molecule has 0 bridgehead atoms. The highest BCUT2D eigenvalue weighted by molar-refractivity contribution is 7.70. The number of nitrogens with one attached hydrogen (secondary N) is 2. The normalized spacial score (nSPS) is 19.9. The summed E-state index contributed by atoms with van der Waals surface area (Å²) in [5, 5.41) is 7.67. The Morgan fingerprint density at radius 1 is 0.933 bits per heavy atom. The van der Waals surface area contributed by atoms with Gasteiger partial charge in [0.25, 0.3) is 0 Å². The van der Waals surface area contributed by atoms with E-state index in [0.29, 0.717) is 33.9 Å². The summed E-state index contributed by atoms with van der Waals surface area (Å²) in [7, 11) is 1.44. The van der Waals surface area contributed by atoms with Gasteiger partial charge in [-0.25, -0.2) is 4.98 Å². The SMILES string of the molecule is COc1cc(N2CCC(N3CCC4(CCN(C)CC4)CC3)CC2)ccc1Nc1ncc(Cl)c(Nc2ccccc2P(C)(C)=O)n1. The minimum atomic E-state index is -2.51. The maximum atomic E-state index is 12.8. The molecule has 1 aromatic heterocycles. The molecule has 6 rings (SSSR count). The number of para-hydroxylation sites is 1. The maximum Gasteiger partial charge on any atom is 0.229 e. The molecule has 242 valence electrons. The second kappa shape index (κ2) is 13.5. The van der Waals surface area contributed by atoms with Gasteiger partial charge in [0, 0.05) is 36.2 Å². The number of halogens is 1. The van der Waals surface area contributed by atoms with E-state index in [4.69, 9.17) is 16.3 Å². The summed E-state index contributed by atoms with van der Waals surface area (Å²) < 4.78 is 18.6. The van der Waals surface area contributed by atoms with Crippen LogP contribution in [0.25, 0.3) is 0 Å². The fourth-order valence-corrected chi connectivity index (χ4v) is 8.53. The minimum Gasteiger partial charge on any atom is -0.494 e. The highest BCUT2D eigenvalue weighted by atomic mass is 35.5. The van der Waals surface area contributed by atoms with E-state index in [2.05, 4.69) is 54.5 Å². The second-order valence-corrected chi connectivity index (χ2v) is 17.0. The molecule has 0 unspecified atom stereocenters. The smallest absolute Gasteiger partial charge is 0.229 e. The highest BCUT2D eigenvalue weighted by Gasteiger charge is 2.38. The van der Waals surface area contributed by atoms with Crippen LogP contribution in [0.15, 0.2) is 48.7 Å². The zero-order valence-electron chi connectivity index (χ0n) is 27.1. The third-order valence-electron chi connectivity index (χ3n) is 10.2. The number of benzene rings is 2. The van der Waals surface area contributed by atoms with E-state index < -0.39 is 7.14 Å². The molecule has 0 atom stereocenters. The van der Waals surface area contributed by atoms with Crippen molar-refractivity contribution in [3.63, 3.8) is 0 Å². The van der Waals surface area contributed by atoms with Crippen molar-refractivity contribution in [2.45, 2.75) is 44.6 Å². The molecule has 3 aliphatic heterocycles. The average molecular weight is 652 g/mol. The molecule has 0 amide bonds. The van der Waals surface area contributed by atoms with Gasteiger partial charge in [-0.3, -0.25) is 0 Å². The van der Waals surface area contributed by atoms with Gasteiger partial charge in [-0.1, -0.05) is 23.7 Å². The van der Waals surface area contributed by atoms with Crippen LogP contribution < -0.4 is 25.6 Å². The number of piperidine rings is 3. The first-order chi connectivity index (χ1) is 21.6. The van der Waals surface area contributed by atoms with Crippen LogP contribution in [0.2, 0.25) is 5.02 Å². The van der Waals surface area contributed by atoms with E-state index in [9.17, 15) is 4.57 Å². The number of ether oxygens (including phenoxy) is 1. The average Bonchev–Trinajstić information content (AvgIpc) is 3.04. The number of aromatic nitrogens is 2. The maximum absolute atomic E-state index is 12.8. The summed E-state index contributed by atoms with van der Waals surface area (Å²) in [5.41, 5.74) is 3.25. The molecule has 1 spiro atoms. The summed E-state index contributed by atoms with van der Waals surface area (Å²) in [6, 6.07) is 14.5. The van der Waals surface area contributed by atoms with Gasteiger partial charge in [0.15, 0.2) is 5.82 Å². The molecule has 9 nitrogen and oxygen atoms in total. The van der Waals surface area contributed by atoms with Crippen molar-refractivity contribution in [1.82, 2.24) is 19.8 Å². The van der Waals surface area contributed by atoms with Crippen LogP contribution in [0.1, 0.15) is 38.5 Å². The molecule has 3 aliphatic rings. The first-order valence-corrected chi connectivity index (χ1v) is 19.2. The number of likely N-dealkylation sites (tertiary alicyclic amines) is 2. The summed E-state index contributed by atoms with van der Waals surface area (Å²) in [6.07, 6.45) is 9.44. The van der Waals surface area contributed by atoms with Gasteiger partial charge in [0.2, 0.25) is 5.95 Å². The minimum absolute atomic E-state index is 0.369. The molecule has 2 N–H and O–H groups in total. The second-order valence-electron chi connectivity index (χ2n) is 13.5. The fraction of sp³-hybridized carbons (Fsp3) is 0.529. The van der Waals surface area contributed by atoms with Crippen molar-refractivity contribution < 1.29 is 9.30 Å². The number of rotatable bonds is 8. The molecule has 11 heteroatoms. The lowest BCUT2D eigenvalue weighted by Crippen LogP contribution is -2.51. The van der Waals surface area contributed by atoms with Crippen LogP contribution in [0.3, 0.4) is 0 Å². The molecular weight excluding hydrogens is 605 g/mol. The van der Waals surface area contributed by atoms with Crippen LogP contribution in [-0.2, 0) is 4.57 Å². The van der Waals surface area contributed by atoms with Crippen molar-refractivity contribution >= 4 is 52.9 Å². The van der Waals surface area contributed by atoms with E-state index in [1.165, 1.54) is 70.4 Å². The Bertz CT molecular complexity index is 1520. The first-order valence-electron chi connectivity index (χ1n) is 16.2. The number of anilines is 5. The van der Waals surface area contributed by atoms with E-state index in [1.807, 2.05) is 30.3 Å². The van der Waals surface area contributed by atoms with Gasteiger partial charge in [0.1, 0.15) is 17.9 Å². The van der Waals surface area contributed by atoms with Crippen molar-refractivity contribution in [3.05, 3.63) is 53.7 Å². The lowest BCUT2D eigenvalue weighted by Gasteiger charge is -2.49. The van der Waals surface area contributed by atoms with Crippen LogP contribution >= 0.6 is 18.7 Å². The van der Waals surface area contributed by atoms with E-state index in [1.54, 1.807) is 26.6 Å². The Labute approximate surface area is 273 Å². The van der Waals surface area contributed by atoms with Crippen molar-refractivity contribution in [2.24, 2.45) is 5.41 Å². The van der Waals surface area contributed by atoms with Crippen LogP contribution in [0, 0.1) is 5.41 Å². The zero-order valence-corrected chi connectivity index (χ0v) is 28.7. The van der Waals surface area contributed by atoms with E-state index in [-0.39, 0.29) is 0 Å². The van der Waals surface area contributed by atoms with Gasteiger partial charge in [0.05, 0.1) is 24.7 Å². The van der Waals surface area contributed by atoms with E-state index >= 15 is 0 Å². The topological polar surface area (TPSA) is 85.9 Å².